The minimum Gasteiger partial charge on any atom is -0.396 e. The molecule has 12 heavy (non-hydrogen) atoms. The van der Waals surface area contributed by atoms with Gasteiger partial charge in [-0.05, 0) is 24.8 Å². The van der Waals surface area contributed by atoms with Crippen LogP contribution in [0, 0.1) is 5.41 Å². The second-order valence-electron chi connectivity index (χ2n) is 3.89. The third-order valence-electron chi connectivity index (χ3n) is 1.92. The first-order valence-corrected chi connectivity index (χ1v) is 4.55. The lowest BCUT2D eigenvalue weighted by atomic mass is 9.90. The molecule has 0 aliphatic rings. The summed E-state index contributed by atoms with van der Waals surface area (Å²) in [6, 6.07) is 0. The highest BCUT2D eigenvalue weighted by Crippen LogP contribution is 2.17. The van der Waals surface area contributed by atoms with Crippen LogP contribution in [0.2, 0.25) is 0 Å². The molecule has 0 aromatic rings. The van der Waals surface area contributed by atoms with Crippen LogP contribution in [0.15, 0.2) is 12.7 Å². The molecule has 0 unspecified atom stereocenters. The van der Waals surface area contributed by atoms with Crippen molar-refractivity contribution < 1.29 is 5.11 Å². The Hall–Kier alpha value is -0.340. The highest BCUT2D eigenvalue weighted by atomic mass is 16.3. The van der Waals surface area contributed by atoms with Crippen molar-refractivity contribution >= 4 is 0 Å². The zero-order chi connectivity index (χ0) is 9.45. The average Bonchev–Trinajstić information content (AvgIpc) is 1.98. The van der Waals surface area contributed by atoms with Crippen molar-refractivity contribution in [1.82, 2.24) is 5.32 Å². The Bertz CT molecular complexity index is 121. The molecule has 0 atom stereocenters. The summed E-state index contributed by atoms with van der Waals surface area (Å²) in [5, 5.41) is 12.1. The van der Waals surface area contributed by atoms with Gasteiger partial charge in [-0.1, -0.05) is 19.9 Å². The lowest BCUT2D eigenvalue weighted by Gasteiger charge is -2.23. The van der Waals surface area contributed by atoms with Crippen molar-refractivity contribution in [2.75, 3.05) is 19.7 Å². The maximum absolute atomic E-state index is 8.76. The van der Waals surface area contributed by atoms with Crippen LogP contribution in [0.25, 0.3) is 0 Å². The van der Waals surface area contributed by atoms with Crippen LogP contribution in [0.1, 0.15) is 26.7 Å². The van der Waals surface area contributed by atoms with Gasteiger partial charge in [-0.2, -0.15) is 0 Å². The first kappa shape index (κ1) is 11.7. The monoisotopic (exact) mass is 171 g/mol. The van der Waals surface area contributed by atoms with Crippen LogP contribution in [0.4, 0.5) is 0 Å². The van der Waals surface area contributed by atoms with E-state index in [1.807, 2.05) is 6.08 Å². The molecule has 2 nitrogen and oxygen atoms in total. The van der Waals surface area contributed by atoms with E-state index in [0.29, 0.717) is 0 Å². The number of nitrogens with one attached hydrogen (secondary N) is 1. The van der Waals surface area contributed by atoms with Crippen molar-refractivity contribution in [2.45, 2.75) is 26.7 Å². The molecular weight excluding hydrogens is 150 g/mol. The lowest BCUT2D eigenvalue weighted by Crippen LogP contribution is -2.30. The fourth-order valence-electron chi connectivity index (χ4n) is 1.02. The molecule has 0 aromatic heterocycles. The van der Waals surface area contributed by atoms with Crippen molar-refractivity contribution in [1.29, 1.82) is 0 Å². The normalized spacial score (nSPS) is 11.6. The SMILES string of the molecule is C=CCCNCC(C)(C)CCO. The van der Waals surface area contributed by atoms with Crippen molar-refractivity contribution in [3.8, 4) is 0 Å². The summed E-state index contributed by atoms with van der Waals surface area (Å²) < 4.78 is 0. The zero-order valence-electron chi connectivity index (χ0n) is 8.27. The fourth-order valence-corrected chi connectivity index (χ4v) is 1.02. The molecule has 72 valence electrons. The molecule has 0 amide bonds. The molecule has 2 heteroatoms. The van der Waals surface area contributed by atoms with E-state index in [4.69, 9.17) is 5.11 Å². The van der Waals surface area contributed by atoms with Gasteiger partial charge in [-0.25, -0.2) is 0 Å². The first-order chi connectivity index (χ1) is 5.62. The fraction of sp³-hybridized carbons (Fsp3) is 0.800. The van der Waals surface area contributed by atoms with E-state index in [-0.39, 0.29) is 12.0 Å². The van der Waals surface area contributed by atoms with Gasteiger partial charge >= 0.3 is 0 Å². The van der Waals surface area contributed by atoms with Gasteiger partial charge in [0.1, 0.15) is 0 Å². The standard InChI is InChI=1S/C10H21NO/c1-4-5-7-11-9-10(2,3)6-8-12/h4,11-12H,1,5-9H2,2-3H3. The molecule has 0 aliphatic heterocycles. The van der Waals surface area contributed by atoms with Crippen LogP contribution >= 0.6 is 0 Å². The summed E-state index contributed by atoms with van der Waals surface area (Å²) in [6.07, 6.45) is 3.77. The van der Waals surface area contributed by atoms with Gasteiger partial charge in [0.25, 0.3) is 0 Å². The van der Waals surface area contributed by atoms with Crippen LogP contribution in [0.3, 0.4) is 0 Å². The lowest BCUT2D eigenvalue weighted by molar-refractivity contribution is 0.207. The van der Waals surface area contributed by atoms with Gasteiger partial charge in [0.2, 0.25) is 0 Å². The van der Waals surface area contributed by atoms with Gasteiger partial charge in [-0.15, -0.1) is 6.58 Å². The van der Waals surface area contributed by atoms with Crippen molar-refractivity contribution in [3.05, 3.63) is 12.7 Å². The molecule has 0 saturated heterocycles. The largest absolute Gasteiger partial charge is 0.396 e. The van der Waals surface area contributed by atoms with E-state index in [1.54, 1.807) is 0 Å². The Morgan fingerprint density at radius 3 is 2.67 bits per heavy atom. The van der Waals surface area contributed by atoms with Crippen LogP contribution < -0.4 is 5.32 Å². The molecule has 0 spiro atoms. The van der Waals surface area contributed by atoms with Crippen LogP contribution in [-0.2, 0) is 0 Å². The molecule has 0 bridgehead atoms. The number of aliphatic hydroxyl groups excluding tert-OH is 1. The number of rotatable bonds is 7. The first-order valence-electron chi connectivity index (χ1n) is 4.55. The highest BCUT2D eigenvalue weighted by molar-refractivity contribution is 4.73. The predicted octanol–water partition coefficient (Wildman–Crippen LogP) is 1.56. The minimum atomic E-state index is 0.204. The van der Waals surface area contributed by atoms with Gasteiger partial charge in [-0.3, -0.25) is 0 Å². The summed E-state index contributed by atoms with van der Waals surface area (Å²) in [7, 11) is 0. The van der Waals surface area contributed by atoms with E-state index >= 15 is 0 Å². The minimum absolute atomic E-state index is 0.204. The summed E-state index contributed by atoms with van der Waals surface area (Å²) in [5.74, 6) is 0. The summed E-state index contributed by atoms with van der Waals surface area (Å²) in [6.45, 7) is 10.2. The molecular formula is C10H21NO. The van der Waals surface area contributed by atoms with Crippen molar-refractivity contribution in [2.24, 2.45) is 5.41 Å². The zero-order valence-corrected chi connectivity index (χ0v) is 8.27. The third-order valence-corrected chi connectivity index (χ3v) is 1.92. The maximum atomic E-state index is 8.76. The smallest absolute Gasteiger partial charge is 0.0436 e. The number of hydrogen-bond acceptors (Lipinski definition) is 2. The Morgan fingerprint density at radius 2 is 2.17 bits per heavy atom. The Kier molecular flexibility index (Phi) is 6.03. The van der Waals surface area contributed by atoms with E-state index in [2.05, 4.69) is 25.7 Å². The molecule has 0 radical (unpaired) electrons. The topological polar surface area (TPSA) is 32.3 Å². The molecule has 0 saturated carbocycles. The molecule has 0 heterocycles. The van der Waals surface area contributed by atoms with Gasteiger partial charge < -0.3 is 10.4 Å². The predicted molar refractivity (Wildman–Crippen MR) is 53.2 cm³/mol. The van der Waals surface area contributed by atoms with Gasteiger partial charge in [0.15, 0.2) is 0 Å². The molecule has 0 fully saturated rings. The third kappa shape index (κ3) is 6.38. The quantitative estimate of drug-likeness (QED) is 0.450. The molecule has 0 aromatic carbocycles. The highest BCUT2D eigenvalue weighted by Gasteiger charge is 2.15. The maximum Gasteiger partial charge on any atom is 0.0436 e. The number of hydrogen-bond donors (Lipinski definition) is 2. The molecule has 2 N–H and O–H groups in total. The Morgan fingerprint density at radius 1 is 1.50 bits per heavy atom. The van der Waals surface area contributed by atoms with E-state index in [9.17, 15) is 0 Å². The summed E-state index contributed by atoms with van der Waals surface area (Å²) in [5.41, 5.74) is 0.204. The Balaban J connectivity index is 3.39. The summed E-state index contributed by atoms with van der Waals surface area (Å²) in [4.78, 5) is 0. The molecule has 0 rings (SSSR count). The average molecular weight is 171 g/mol. The molecule has 0 aliphatic carbocycles. The van der Waals surface area contributed by atoms with Crippen molar-refractivity contribution in [3.63, 3.8) is 0 Å². The second-order valence-corrected chi connectivity index (χ2v) is 3.89. The van der Waals surface area contributed by atoms with Crippen LogP contribution in [-0.4, -0.2) is 24.8 Å². The van der Waals surface area contributed by atoms with Gasteiger partial charge in [0.05, 0.1) is 0 Å². The second kappa shape index (κ2) is 6.21. The van der Waals surface area contributed by atoms with Gasteiger partial charge in [0, 0.05) is 13.2 Å². The van der Waals surface area contributed by atoms with E-state index in [1.165, 1.54) is 0 Å². The summed E-state index contributed by atoms with van der Waals surface area (Å²) >= 11 is 0. The van der Waals surface area contributed by atoms with Crippen LogP contribution in [0.5, 0.6) is 0 Å². The van der Waals surface area contributed by atoms with E-state index < -0.39 is 0 Å². The Labute approximate surface area is 75.7 Å². The van der Waals surface area contributed by atoms with E-state index in [0.717, 1.165) is 25.9 Å². The number of aliphatic hydroxyl groups is 1.